The molecule has 2 aromatic carbocycles. The molecule has 3 rings (SSSR count). The normalized spacial score (nSPS) is 12.4. The van der Waals surface area contributed by atoms with Crippen molar-refractivity contribution >= 4 is 11.0 Å². The summed E-state index contributed by atoms with van der Waals surface area (Å²) in [5.74, 6) is 1.31. The standard InChI is InChI=1S/C25H30O5/c1-17(2)8-10-20(29-19-6-4-3-5-7-19)11-12-21-24(27)22-16-18(14-15-26)9-13-23(22)30-25(21)28/h3-7,9,13,16-17,20,26-27H,8,10-12,14-15H2,1-2H3. The summed E-state index contributed by atoms with van der Waals surface area (Å²) in [5.41, 5.74) is 0.981. The van der Waals surface area contributed by atoms with Gasteiger partial charge in [-0.15, -0.1) is 0 Å². The summed E-state index contributed by atoms with van der Waals surface area (Å²) in [5, 5.41) is 20.4. The summed E-state index contributed by atoms with van der Waals surface area (Å²) in [4.78, 5) is 12.5. The summed E-state index contributed by atoms with van der Waals surface area (Å²) in [6.07, 6.45) is 3.26. The van der Waals surface area contributed by atoms with Crippen LogP contribution in [0.1, 0.15) is 44.2 Å². The van der Waals surface area contributed by atoms with Gasteiger partial charge >= 0.3 is 5.63 Å². The van der Waals surface area contributed by atoms with E-state index in [9.17, 15) is 9.90 Å². The molecule has 0 aliphatic rings. The predicted molar refractivity (Wildman–Crippen MR) is 118 cm³/mol. The summed E-state index contributed by atoms with van der Waals surface area (Å²) in [6, 6.07) is 14.9. The van der Waals surface area contributed by atoms with Gasteiger partial charge in [-0.1, -0.05) is 38.1 Å². The molecule has 0 fully saturated rings. The second-order valence-corrected chi connectivity index (χ2v) is 8.08. The Bertz CT molecular complexity index is 1010. The number of aliphatic hydroxyl groups is 1. The molecule has 160 valence electrons. The van der Waals surface area contributed by atoms with E-state index in [-0.39, 0.29) is 24.0 Å². The summed E-state index contributed by atoms with van der Waals surface area (Å²) in [7, 11) is 0. The molecule has 5 heteroatoms. The lowest BCUT2D eigenvalue weighted by Crippen LogP contribution is -2.20. The van der Waals surface area contributed by atoms with E-state index in [1.165, 1.54) is 0 Å². The predicted octanol–water partition coefficient (Wildman–Crippen LogP) is 4.85. The first-order valence-corrected chi connectivity index (χ1v) is 10.6. The first-order chi connectivity index (χ1) is 14.5. The molecule has 5 nitrogen and oxygen atoms in total. The molecule has 0 spiro atoms. The SMILES string of the molecule is CC(C)CCC(CCc1c(O)c2cc(CCO)ccc2oc1=O)Oc1ccccc1. The lowest BCUT2D eigenvalue weighted by Gasteiger charge is -2.20. The van der Waals surface area contributed by atoms with Gasteiger partial charge in [-0.25, -0.2) is 4.79 Å². The first-order valence-electron chi connectivity index (χ1n) is 10.6. The second kappa shape index (κ2) is 10.3. The van der Waals surface area contributed by atoms with Crippen LogP contribution in [0.3, 0.4) is 0 Å². The molecule has 2 N–H and O–H groups in total. The third kappa shape index (κ3) is 5.63. The third-order valence-corrected chi connectivity index (χ3v) is 5.26. The van der Waals surface area contributed by atoms with E-state index >= 15 is 0 Å². The fraction of sp³-hybridized carbons (Fsp3) is 0.400. The smallest absolute Gasteiger partial charge is 0.343 e. The maximum atomic E-state index is 12.5. The van der Waals surface area contributed by atoms with Crippen LogP contribution in [0.4, 0.5) is 0 Å². The first kappa shape index (κ1) is 21.9. The van der Waals surface area contributed by atoms with Gasteiger partial charge in [0.25, 0.3) is 0 Å². The van der Waals surface area contributed by atoms with Crippen LogP contribution in [-0.2, 0) is 12.8 Å². The second-order valence-electron chi connectivity index (χ2n) is 8.08. The van der Waals surface area contributed by atoms with Gasteiger partial charge in [-0.3, -0.25) is 0 Å². The highest BCUT2D eigenvalue weighted by molar-refractivity contribution is 5.84. The molecule has 0 aliphatic carbocycles. The average molecular weight is 411 g/mol. The molecule has 1 unspecified atom stereocenters. The molecule has 0 saturated carbocycles. The Morgan fingerprint density at radius 2 is 1.77 bits per heavy atom. The van der Waals surface area contributed by atoms with Crippen molar-refractivity contribution < 1.29 is 19.4 Å². The summed E-state index contributed by atoms with van der Waals surface area (Å²) in [6.45, 7) is 4.37. The quantitative estimate of drug-likeness (QED) is 0.467. The van der Waals surface area contributed by atoms with Crippen molar-refractivity contribution in [3.8, 4) is 11.5 Å². The van der Waals surface area contributed by atoms with Gasteiger partial charge < -0.3 is 19.4 Å². The van der Waals surface area contributed by atoms with Crippen LogP contribution in [0.5, 0.6) is 11.5 Å². The number of benzene rings is 2. The van der Waals surface area contributed by atoms with E-state index in [1.807, 2.05) is 30.3 Å². The Labute approximate surface area is 176 Å². The van der Waals surface area contributed by atoms with Crippen LogP contribution >= 0.6 is 0 Å². The van der Waals surface area contributed by atoms with Crippen molar-refractivity contribution in [2.75, 3.05) is 6.61 Å². The number of hydrogen-bond acceptors (Lipinski definition) is 5. The number of aliphatic hydroxyl groups excluding tert-OH is 1. The number of fused-ring (bicyclic) bond motifs is 1. The highest BCUT2D eigenvalue weighted by Crippen LogP contribution is 2.29. The number of para-hydroxylation sites is 1. The van der Waals surface area contributed by atoms with Gasteiger partial charge in [-0.2, -0.15) is 0 Å². The van der Waals surface area contributed by atoms with Gasteiger partial charge in [0.2, 0.25) is 0 Å². The molecule has 1 heterocycles. The molecule has 0 saturated heterocycles. The van der Waals surface area contributed by atoms with Gasteiger partial charge in [0.15, 0.2) is 0 Å². The van der Waals surface area contributed by atoms with Crippen LogP contribution in [0, 0.1) is 5.92 Å². The molecule has 30 heavy (non-hydrogen) atoms. The lowest BCUT2D eigenvalue weighted by atomic mass is 9.99. The average Bonchev–Trinajstić information content (AvgIpc) is 2.73. The zero-order chi connectivity index (χ0) is 21.5. The van der Waals surface area contributed by atoms with Crippen LogP contribution in [0.15, 0.2) is 57.7 Å². The van der Waals surface area contributed by atoms with Crippen molar-refractivity contribution in [2.24, 2.45) is 5.92 Å². The van der Waals surface area contributed by atoms with Crippen molar-refractivity contribution in [3.63, 3.8) is 0 Å². The summed E-state index contributed by atoms with van der Waals surface area (Å²) >= 11 is 0. The molecule has 3 aromatic rings. The van der Waals surface area contributed by atoms with Crippen molar-refractivity contribution in [3.05, 3.63) is 70.1 Å². The van der Waals surface area contributed by atoms with Crippen LogP contribution in [0.25, 0.3) is 11.0 Å². The van der Waals surface area contributed by atoms with Gasteiger partial charge in [0, 0.05) is 6.61 Å². The Morgan fingerprint density at radius 1 is 1.00 bits per heavy atom. The highest BCUT2D eigenvalue weighted by atomic mass is 16.5. The maximum Gasteiger partial charge on any atom is 0.343 e. The van der Waals surface area contributed by atoms with Gasteiger partial charge in [-0.05, 0) is 67.9 Å². The topological polar surface area (TPSA) is 79.9 Å². The lowest BCUT2D eigenvalue weighted by molar-refractivity contribution is 0.172. The number of rotatable bonds is 10. The fourth-order valence-electron chi connectivity index (χ4n) is 3.56. The Balaban J connectivity index is 1.82. The fourth-order valence-corrected chi connectivity index (χ4v) is 3.56. The van der Waals surface area contributed by atoms with Crippen molar-refractivity contribution in [2.45, 2.75) is 52.1 Å². The molecular formula is C25H30O5. The van der Waals surface area contributed by atoms with Gasteiger partial charge in [0.05, 0.1) is 17.1 Å². The molecule has 1 atom stereocenters. The molecule has 0 aliphatic heterocycles. The van der Waals surface area contributed by atoms with Gasteiger partial charge in [0.1, 0.15) is 17.1 Å². The number of ether oxygens (including phenoxy) is 1. The van der Waals surface area contributed by atoms with E-state index in [0.717, 1.165) is 24.2 Å². The molecular weight excluding hydrogens is 380 g/mol. The van der Waals surface area contributed by atoms with Crippen LogP contribution in [-0.4, -0.2) is 22.9 Å². The third-order valence-electron chi connectivity index (χ3n) is 5.26. The zero-order valence-electron chi connectivity index (χ0n) is 17.6. The number of aromatic hydroxyl groups is 1. The van der Waals surface area contributed by atoms with Crippen LogP contribution < -0.4 is 10.4 Å². The zero-order valence-corrected chi connectivity index (χ0v) is 17.6. The molecule has 0 bridgehead atoms. The minimum absolute atomic E-state index is 0.0181. The molecule has 0 radical (unpaired) electrons. The maximum absolute atomic E-state index is 12.5. The Morgan fingerprint density at radius 3 is 2.47 bits per heavy atom. The molecule has 0 amide bonds. The highest BCUT2D eigenvalue weighted by Gasteiger charge is 2.18. The van der Waals surface area contributed by atoms with Crippen molar-refractivity contribution in [1.82, 2.24) is 0 Å². The Hall–Kier alpha value is -2.79. The largest absolute Gasteiger partial charge is 0.507 e. The van der Waals surface area contributed by atoms with Crippen LogP contribution in [0.2, 0.25) is 0 Å². The molecule has 1 aromatic heterocycles. The van der Waals surface area contributed by atoms with E-state index in [4.69, 9.17) is 14.3 Å². The minimum atomic E-state index is -0.516. The Kier molecular flexibility index (Phi) is 7.52. The van der Waals surface area contributed by atoms with E-state index in [2.05, 4.69) is 13.8 Å². The van der Waals surface area contributed by atoms with E-state index in [1.54, 1.807) is 18.2 Å². The monoisotopic (exact) mass is 410 g/mol. The van der Waals surface area contributed by atoms with E-state index < -0.39 is 5.63 Å². The minimum Gasteiger partial charge on any atom is -0.507 e. The number of hydrogen-bond donors (Lipinski definition) is 2. The van der Waals surface area contributed by atoms with E-state index in [0.29, 0.717) is 36.1 Å². The van der Waals surface area contributed by atoms with Crippen molar-refractivity contribution in [1.29, 1.82) is 0 Å². The summed E-state index contributed by atoms with van der Waals surface area (Å²) < 4.78 is 11.6.